The fourth-order valence-electron chi connectivity index (χ4n) is 14.8. The van der Waals surface area contributed by atoms with Gasteiger partial charge in [0, 0.05) is 55.7 Å². The van der Waals surface area contributed by atoms with E-state index in [1.54, 1.807) is 91.9 Å². The number of nitrogens with one attached hydrogen (secondary N) is 15. The smallest absolute Gasteiger partial charge is 0.305 e. The Morgan fingerprint density at radius 2 is 0.801 bits per heavy atom. The van der Waals surface area contributed by atoms with E-state index < -0.39 is 304 Å². The van der Waals surface area contributed by atoms with Gasteiger partial charge in [-0.1, -0.05) is 104 Å². The first-order valence-corrected chi connectivity index (χ1v) is 45.0. The Morgan fingerprint density at radius 3 is 1.28 bits per heavy atom. The van der Waals surface area contributed by atoms with Crippen LogP contribution in [0.2, 0.25) is 0 Å². The number of aromatic amines is 1. The number of carbonyl (C=O) groups excluding carboxylic acids is 18. The largest absolute Gasteiger partial charge is 0.481 e. The Morgan fingerprint density at radius 1 is 0.404 bits per heavy atom. The summed E-state index contributed by atoms with van der Waals surface area (Å²) in [5.41, 5.74) is 29.2. The summed E-state index contributed by atoms with van der Waals surface area (Å²) in [7, 11) is 0. The molecular formula is C88H135N21O27. The van der Waals surface area contributed by atoms with Gasteiger partial charge in [-0.3, -0.25) is 101 Å². The molecule has 48 heteroatoms. The van der Waals surface area contributed by atoms with Crippen molar-refractivity contribution in [3.05, 3.63) is 71.9 Å². The zero-order chi connectivity index (χ0) is 102. The normalized spacial score (nSPS) is 16.0. The van der Waals surface area contributed by atoms with Gasteiger partial charge in [0.25, 0.3) is 0 Å². The van der Waals surface area contributed by atoms with Crippen LogP contribution in [0.15, 0.2) is 60.8 Å². The van der Waals surface area contributed by atoms with E-state index in [-0.39, 0.29) is 88.6 Å². The number of hydrogen-bond acceptors (Lipinski definition) is 26. The molecule has 1 aromatic heterocycles. The molecule has 0 aliphatic carbocycles. The van der Waals surface area contributed by atoms with Crippen molar-refractivity contribution in [3.63, 3.8) is 0 Å². The maximum Gasteiger partial charge on any atom is 0.305 e. The first-order valence-electron chi connectivity index (χ1n) is 45.0. The van der Waals surface area contributed by atoms with Gasteiger partial charge in [0.05, 0.1) is 38.2 Å². The van der Waals surface area contributed by atoms with Gasteiger partial charge in [-0.25, -0.2) is 0 Å². The molecule has 1 fully saturated rings. The third-order valence-corrected chi connectivity index (χ3v) is 21.8. The second-order valence-electron chi connectivity index (χ2n) is 35.3. The summed E-state index contributed by atoms with van der Waals surface area (Å²) < 4.78 is 0. The SMILES string of the molecule is CC(C)C[C@H](NC(=O)[C@H](CC(=O)O)NC(=O)[C@H](CO)NC(=O)[C@H](Cc1ccccc1)NC(=O)[C@@H](NC(=O)[C@H](CCC(=O)O)NC(=O)[C@H](CCC(N)=O)NC(=O)[C@H](CO)NC(=O)[C@@H](N)CC(C)C)[C@@H](C)O)C(=O)N[C@@H](Cc1c[nH]c2ccccc12)C(=O)N[C@@H](CCCCN)C(=O)N[C@@H](CC(C)C)C(=O)N[C@@H](CC(C)C)C(=O)N1CCC[C@H]1C(=O)N[C@@H](CCC(=O)O)C(=O)N[C@@H](CC(N)=O)C(N)=O. The van der Waals surface area contributed by atoms with Crippen molar-refractivity contribution in [2.45, 2.75) is 287 Å². The summed E-state index contributed by atoms with van der Waals surface area (Å²) in [4.78, 5) is 291. The summed E-state index contributed by atoms with van der Waals surface area (Å²) in [5.74, 6) is -25.5. The van der Waals surface area contributed by atoms with E-state index in [4.69, 9.17) is 28.7 Å². The van der Waals surface area contributed by atoms with Gasteiger partial charge in [0.1, 0.15) is 90.6 Å². The molecule has 0 bridgehead atoms. The molecule has 136 heavy (non-hydrogen) atoms. The number of aliphatic carboxylic acids is 3. The van der Waals surface area contributed by atoms with Crippen LogP contribution < -0.4 is 103 Å². The highest BCUT2D eigenvalue weighted by atomic mass is 16.4. The molecule has 0 spiro atoms. The number of carbonyl (C=O) groups is 21. The molecule has 2 aromatic carbocycles. The lowest BCUT2D eigenvalue weighted by molar-refractivity contribution is -0.143. The number of fused-ring (bicyclic) bond motifs is 1. The summed E-state index contributed by atoms with van der Waals surface area (Å²) in [6.07, 6.45) is -6.41. The highest BCUT2D eigenvalue weighted by Gasteiger charge is 2.44. The minimum absolute atomic E-state index is 0.0191. The highest BCUT2D eigenvalue weighted by molar-refractivity contribution is 6.02. The van der Waals surface area contributed by atoms with Crippen LogP contribution in [-0.4, -0.2) is 294 Å². The maximum atomic E-state index is 15.2. The maximum absolute atomic E-state index is 15.2. The Labute approximate surface area is 785 Å². The number of rotatable bonds is 62. The number of carboxylic acid groups (broad SMARTS) is 3. The van der Waals surface area contributed by atoms with Crippen LogP contribution in [-0.2, 0) is 114 Å². The fraction of sp³-hybridized carbons (Fsp3) is 0.602. The first kappa shape index (κ1) is 115. The number of H-pyrrole nitrogens is 1. The summed E-state index contributed by atoms with van der Waals surface area (Å²) in [5, 5.41) is 95.7. The molecule has 1 aliphatic heterocycles. The number of hydrogen-bond donors (Lipinski definition) is 26. The number of unbranched alkanes of at least 4 members (excludes halogenated alkanes) is 1. The van der Waals surface area contributed by atoms with E-state index in [1.807, 2.05) is 0 Å². The third-order valence-electron chi connectivity index (χ3n) is 21.8. The Balaban J connectivity index is 1.65. The van der Waals surface area contributed by atoms with Crippen LogP contribution >= 0.6 is 0 Å². The topological polar surface area (TPSA) is 797 Å². The number of aromatic nitrogens is 1. The van der Waals surface area contributed by atoms with Crippen LogP contribution in [0, 0.1) is 23.7 Å². The monoisotopic (exact) mass is 1920 g/mol. The van der Waals surface area contributed by atoms with Gasteiger partial charge in [-0.15, -0.1) is 0 Å². The number of carboxylic acids is 3. The van der Waals surface area contributed by atoms with Crippen molar-refractivity contribution in [2.75, 3.05) is 26.3 Å². The number of nitrogens with two attached hydrogens (primary N) is 5. The van der Waals surface area contributed by atoms with Gasteiger partial charge >= 0.3 is 17.9 Å². The molecule has 31 N–H and O–H groups in total. The molecule has 0 unspecified atom stereocenters. The predicted molar refractivity (Wildman–Crippen MR) is 486 cm³/mol. The number of aliphatic hydroxyl groups is 3. The minimum atomic E-state index is -2.14. The van der Waals surface area contributed by atoms with E-state index in [0.717, 1.165) is 6.92 Å². The zero-order valence-corrected chi connectivity index (χ0v) is 77.8. The van der Waals surface area contributed by atoms with Gasteiger partial charge < -0.3 is 144 Å². The van der Waals surface area contributed by atoms with Crippen LogP contribution in [0.1, 0.15) is 183 Å². The van der Waals surface area contributed by atoms with Crippen LogP contribution in [0.3, 0.4) is 0 Å². The second-order valence-corrected chi connectivity index (χ2v) is 35.3. The molecule has 17 atom stereocenters. The number of para-hydroxylation sites is 1. The van der Waals surface area contributed by atoms with Crippen LogP contribution in [0.4, 0.5) is 0 Å². The van der Waals surface area contributed by atoms with E-state index in [1.165, 1.54) is 29.2 Å². The summed E-state index contributed by atoms with van der Waals surface area (Å²) >= 11 is 0. The highest BCUT2D eigenvalue weighted by Crippen LogP contribution is 2.24. The summed E-state index contributed by atoms with van der Waals surface area (Å²) in [6, 6.07) is -12.4. The minimum Gasteiger partial charge on any atom is -0.481 e. The fourth-order valence-corrected chi connectivity index (χ4v) is 14.8. The number of aliphatic hydroxyl groups excluding tert-OH is 3. The average molecular weight is 1920 g/mol. The summed E-state index contributed by atoms with van der Waals surface area (Å²) in [6.45, 7) is 12.6. The Bertz CT molecular complexity index is 4650. The molecule has 4 rings (SSSR count). The first-order chi connectivity index (χ1) is 64.0. The Kier molecular flexibility index (Phi) is 48.5. The lowest BCUT2D eigenvalue weighted by Crippen LogP contribution is -2.63. The van der Waals surface area contributed by atoms with Gasteiger partial charge in [-0.05, 0) is 131 Å². The quantitative estimate of drug-likeness (QED) is 0.0234. The predicted octanol–water partition coefficient (Wildman–Crippen LogP) is -6.43. The standard InChI is InChI=1S/C88H135N21O27/c1-43(2)32-51(90)74(122)106-64(41-110)84(132)97-54(24-27-67(91)113)76(124)96-56(26-29-70(117)118)78(126)108-72(47(9)112)87(135)104-60(36-48-18-11-10-12-19-48)81(129)107-65(42-111)85(133)103-62(39-71(119)120)83(131)101-58(33-44(3)4)79(127)102-61(37-49-40-94-52-21-14-13-20-50(49)52)82(130)95-53(22-15-16-30-89)75(123)100-59(34-45(5)6)80(128)105-63(35-46(7)8)88(136)109-31-17-23-66(109)86(134)98-55(25-28-69(115)116)77(125)99-57(73(93)121)38-68(92)114/h10-14,18-21,40,43-47,51,53-66,72,94,110-112H,15-17,22-39,41-42,89-90H2,1-9H3,(H2,91,113)(H2,92,114)(H2,93,121)(H,95,130)(H,96,124)(H,97,132)(H,98,134)(H,99,125)(H,100,123)(H,101,131)(H,102,127)(H,103,133)(H,104,135)(H,105,128)(H,106,122)(H,107,129)(H,108,126)(H,115,116)(H,117,118)(H,119,120)/t47-,51+,53+,54+,55+,56+,57+,58+,59+,60+,61+,62+,63+,64+,65+,66+,72+/m1/s1. The van der Waals surface area contributed by atoms with Crippen LogP contribution in [0.5, 0.6) is 0 Å². The third kappa shape index (κ3) is 39.7. The Hall–Kier alpha value is -13.3. The van der Waals surface area contributed by atoms with Crippen molar-refractivity contribution in [1.82, 2.24) is 84.3 Å². The van der Waals surface area contributed by atoms with E-state index >= 15 is 9.59 Å². The van der Waals surface area contributed by atoms with Crippen LogP contribution in [0.25, 0.3) is 10.9 Å². The van der Waals surface area contributed by atoms with E-state index in [0.29, 0.717) is 28.5 Å². The van der Waals surface area contributed by atoms with Crippen molar-refractivity contribution in [1.29, 1.82) is 0 Å². The molecule has 3 aromatic rings. The average Bonchev–Trinajstić information content (AvgIpc) is 1.64. The number of benzene rings is 2. The molecule has 0 saturated carbocycles. The second kappa shape index (κ2) is 57.4. The van der Waals surface area contributed by atoms with Gasteiger partial charge in [-0.2, -0.15) is 0 Å². The molecular weight excluding hydrogens is 1780 g/mol. The number of primary amides is 3. The molecule has 754 valence electrons. The molecule has 1 aliphatic rings. The van der Waals surface area contributed by atoms with Crippen molar-refractivity contribution in [3.8, 4) is 0 Å². The molecule has 0 radical (unpaired) electrons. The lowest BCUT2D eigenvalue weighted by Gasteiger charge is -2.32. The number of likely N-dealkylation sites (tertiary alicyclic amines) is 1. The molecule has 48 nitrogen and oxygen atoms in total. The number of nitrogens with zero attached hydrogens (tertiary/aromatic N) is 1. The molecule has 1 saturated heterocycles. The van der Waals surface area contributed by atoms with Gasteiger partial charge in [0.15, 0.2) is 0 Å². The van der Waals surface area contributed by atoms with E-state index in [2.05, 4.69) is 79.4 Å². The van der Waals surface area contributed by atoms with Gasteiger partial charge in [0.2, 0.25) is 106 Å². The van der Waals surface area contributed by atoms with Crippen molar-refractivity contribution < 1.29 is 131 Å². The number of amides is 18. The zero-order valence-electron chi connectivity index (χ0n) is 77.8. The van der Waals surface area contributed by atoms with E-state index in [9.17, 15) is 122 Å². The van der Waals surface area contributed by atoms with Crippen molar-refractivity contribution in [2.24, 2.45) is 52.3 Å². The molecule has 2 heterocycles. The molecule has 18 amide bonds. The van der Waals surface area contributed by atoms with Crippen molar-refractivity contribution >= 4 is 135 Å². The lowest BCUT2D eigenvalue weighted by atomic mass is 9.98.